The Morgan fingerprint density at radius 2 is 1.79 bits per heavy atom. The largest absolute Gasteiger partial charge is 0.465 e. The molecule has 0 unspecified atom stereocenters. The lowest BCUT2D eigenvalue weighted by Crippen LogP contribution is -2.24. The van der Waals surface area contributed by atoms with Crippen molar-refractivity contribution in [2.24, 2.45) is 0 Å². The lowest BCUT2D eigenvalue weighted by Gasteiger charge is -2.10. The minimum absolute atomic E-state index is 0.133. The van der Waals surface area contributed by atoms with Crippen molar-refractivity contribution in [1.29, 1.82) is 0 Å². The summed E-state index contributed by atoms with van der Waals surface area (Å²) in [5, 5.41) is 5.67. The van der Waals surface area contributed by atoms with Crippen LogP contribution >= 0.6 is 0 Å². The maximum Gasteiger partial charge on any atom is 0.339 e. The number of hydrogen-bond donors (Lipinski definition) is 2. The van der Waals surface area contributed by atoms with Crippen LogP contribution in [0.5, 0.6) is 0 Å². The number of para-hydroxylation sites is 1. The van der Waals surface area contributed by atoms with E-state index in [1.54, 1.807) is 36.4 Å². The van der Waals surface area contributed by atoms with Gasteiger partial charge in [-0.2, -0.15) is 0 Å². The van der Waals surface area contributed by atoms with Crippen LogP contribution in [-0.2, 0) is 11.3 Å². The van der Waals surface area contributed by atoms with Crippen LogP contribution < -0.4 is 10.6 Å². The molecule has 0 saturated heterocycles. The molecule has 1 aromatic heterocycles. The average Bonchev–Trinajstić information content (AvgIpc) is 2.73. The molecule has 7 nitrogen and oxygen atoms in total. The van der Waals surface area contributed by atoms with Gasteiger partial charge in [0.25, 0.3) is 5.91 Å². The number of carbonyl (C=O) groups is 2. The molecule has 0 fully saturated rings. The Bertz CT molecular complexity index is 976. The van der Waals surface area contributed by atoms with E-state index in [9.17, 15) is 14.0 Å². The molecule has 0 radical (unpaired) electrons. The number of anilines is 2. The van der Waals surface area contributed by atoms with Gasteiger partial charge in [-0.05, 0) is 29.8 Å². The molecule has 0 aliphatic heterocycles. The van der Waals surface area contributed by atoms with E-state index in [2.05, 4.69) is 20.6 Å². The van der Waals surface area contributed by atoms with Gasteiger partial charge in [0.05, 0.1) is 30.8 Å². The standard InChI is InChI=1S/C20H17FN4O3/c1-28-20(27)15-4-2-3-5-16(15)25-18-12-22-17(11-23-18)19(26)24-10-13-6-8-14(21)9-7-13/h2-9,11-12H,10H2,1H3,(H,23,25)(H,24,26). The van der Waals surface area contributed by atoms with Crippen molar-refractivity contribution in [3.63, 3.8) is 0 Å². The predicted molar refractivity (Wildman–Crippen MR) is 101 cm³/mol. The van der Waals surface area contributed by atoms with E-state index in [4.69, 9.17) is 4.74 Å². The van der Waals surface area contributed by atoms with E-state index in [0.29, 0.717) is 17.1 Å². The van der Waals surface area contributed by atoms with Gasteiger partial charge in [-0.15, -0.1) is 0 Å². The first-order valence-corrected chi connectivity index (χ1v) is 8.36. The number of ether oxygens (including phenoxy) is 1. The number of carbonyl (C=O) groups excluding carboxylic acids is 2. The van der Waals surface area contributed by atoms with Gasteiger partial charge in [0, 0.05) is 6.54 Å². The van der Waals surface area contributed by atoms with Crippen LogP contribution in [0.25, 0.3) is 0 Å². The third kappa shape index (κ3) is 4.67. The molecule has 142 valence electrons. The molecule has 1 heterocycles. The molecular weight excluding hydrogens is 363 g/mol. The zero-order valence-corrected chi connectivity index (χ0v) is 15.0. The molecule has 8 heteroatoms. The minimum Gasteiger partial charge on any atom is -0.465 e. The Balaban J connectivity index is 1.64. The lowest BCUT2D eigenvalue weighted by molar-refractivity contribution is 0.0601. The maximum absolute atomic E-state index is 12.9. The van der Waals surface area contributed by atoms with E-state index >= 15 is 0 Å². The summed E-state index contributed by atoms with van der Waals surface area (Å²) in [5.41, 5.74) is 1.76. The van der Waals surface area contributed by atoms with Crippen molar-refractivity contribution in [1.82, 2.24) is 15.3 Å². The van der Waals surface area contributed by atoms with Crippen LogP contribution in [0.4, 0.5) is 15.9 Å². The van der Waals surface area contributed by atoms with Gasteiger partial charge < -0.3 is 15.4 Å². The first kappa shape index (κ1) is 19.0. The molecule has 0 spiro atoms. The number of halogens is 1. The number of rotatable bonds is 6. The number of amides is 1. The van der Waals surface area contributed by atoms with Crippen molar-refractivity contribution in [3.05, 3.63) is 83.6 Å². The molecule has 1 amide bonds. The smallest absolute Gasteiger partial charge is 0.339 e. The summed E-state index contributed by atoms with van der Waals surface area (Å²) in [6.45, 7) is 0.243. The van der Waals surface area contributed by atoms with Crippen LogP contribution in [0, 0.1) is 5.82 Å². The molecule has 28 heavy (non-hydrogen) atoms. The summed E-state index contributed by atoms with van der Waals surface area (Å²) < 4.78 is 17.6. The highest BCUT2D eigenvalue weighted by Gasteiger charge is 2.12. The number of nitrogens with one attached hydrogen (secondary N) is 2. The van der Waals surface area contributed by atoms with Crippen LogP contribution in [0.15, 0.2) is 60.9 Å². The van der Waals surface area contributed by atoms with Crippen LogP contribution in [0.1, 0.15) is 26.4 Å². The van der Waals surface area contributed by atoms with Gasteiger partial charge in [-0.3, -0.25) is 4.79 Å². The summed E-state index contributed by atoms with van der Waals surface area (Å²) >= 11 is 0. The highest BCUT2D eigenvalue weighted by atomic mass is 19.1. The fraction of sp³-hybridized carbons (Fsp3) is 0.100. The Labute approximate surface area is 160 Å². The number of aromatic nitrogens is 2. The SMILES string of the molecule is COC(=O)c1ccccc1Nc1cnc(C(=O)NCc2ccc(F)cc2)cn1. The second-order valence-electron chi connectivity index (χ2n) is 5.76. The Morgan fingerprint density at radius 3 is 2.46 bits per heavy atom. The normalized spacial score (nSPS) is 10.2. The van der Waals surface area contributed by atoms with E-state index in [0.717, 1.165) is 5.56 Å². The van der Waals surface area contributed by atoms with Gasteiger partial charge >= 0.3 is 5.97 Å². The lowest BCUT2D eigenvalue weighted by atomic mass is 10.2. The van der Waals surface area contributed by atoms with Crippen LogP contribution in [0.3, 0.4) is 0 Å². The number of nitrogens with zero attached hydrogens (tertiary/aromatic N) is 2. The van der Waals surface area contributed by atoms with E-state index in [1.807, 2.05) is 0 Å². The molecule has 0 aliphatic carbocycles. The Kier molecular flexibility index (Phi) is 5.91. The number of methoxy groups -OCH3 is 1. The van der Waals surface area contributed by atoms with E-state index < -0.39 is 11.9 Å². The molecule has 0 atom stereocenters. The first-order chi connectivity index (χ1) is 13.6. The van der Waals surface area contributed by atoms with E-state index in [-0.39, 0.29) is 18.1 Å². The molecule has 0 saturated carbocycles. The third-order valence-electron chi connectivity index (χ3n) is 3.85. The second-order valence-corrected chi connectivity index (χ2v) is 5.76. The summed E-state index contributed by atoms with van der Waals surface area (Å²) in [4.78, 5) is 32.2. The fourth-order valence-corrected chi connectivity index (χ4v) is 2.40. The first-order valence-electron chi connectivity index (χ1n) is 8.36. The Morgan fingerprint density at radius 1 is 1.04 bits per heavy atom. The highest BCUT2D eigenvalue weighted by Crippen LogP contribution is 2.19. The van der Waals surface area contributed by atoms with Crippen molar-refractivity contribution in [2.45, 2.75) is 6.54 Å². The van der Waals surface area contributed by atoms with Crippen molar-refractivity contribution in [3.8, 4) is 0 Å². The van der Waals surface area contributed by atoms with E-state index in [1.165, 1.54) is 31.6 Å². The predicted octanol–water partition coefficient (Wildman–Crippen LogP) is 3.08. The van der Waals surface area contributed by atoms with Crippen molar-refractivity contribution in [2.75, 3.05) is 12.4 Å². The topological polar surface area (TPSA) is 93.2 Å². The summed E-state index contributed by atoms with van der Waals surface area (Å²) in [5.74, 6) is -0.851. The van der Waals surface area contributed by atoms with Crippen LogP contribution in [-0.4, -0.2) is 29.0 Å². The third-order valence-corrected chi connectivity index (χ3v) is 3.85. The average molecular weight is 380 g/mol. The molecule has 2 N–H and O–H groups in total. The molecule has 3 aromatic rings. The monoisotopic (exact) mass is 380 g/mol. The number of hydrogen-bond acceptors (Lipinski definition) is 6. The Hall–Kier alpha value is -3.81. The number of benzene rings is 2. The zero-order valence-electron chi connectivity index (χ0n) is 15.0. The van der Waals surface area contributed by atoms with Gasteiger partial charge in [-0.25, -0.2) is 19.2 Å². The summed E-state index contributed by atoms with van der Waals surface area (Å²) in [6, 6.07) is 12.6. The number of esters is 1. The molecule has 0 bridgehead atoms. The summed E-state index contributed by atoms with van der Waals surface area (Å²) in [7, 11) is 1.30. The van der Waals surface area contributed by atoms with Gasteiger partial charge in [0.2, 0.25) is 0 Å². The van der Waals surface area contributed by atoms with Crippen molar-refractivity contribution >= 4 is 23.4 Å². The maximum atomic E-state index is 12.9. The molecular formula is C20H17FN4O3. The molecule has 3 rings (SSSR count). The summed E-state index contributed by atoms with van der Waals surface area (Å²) in [6.07, 6.45) is 2.71. The molecule has 0 aliphatic rings. The fourth-order valence-electron chi connectivity index (χ4n) is 2.40. The second kappa shape index (κ2) is 8.72. The minimum atomic E-state index is -0.479. The quantitative estimate of drug-likeness (QED) is 0.639. The highest BCUT2D eigenvalue weighted by molar-refractivity contribution is 5.96. The zero-order chi connectivity index (χ0) is 19.9. The van der Waals surface area contributed by atoms with Crippen molar-refractivity contribution < 1.29 is 18.7 Å². The van der Waals surface area contributed by atoms with Gasteiger partial charge in [0.1, 0.15) is 17.3 Å². The molecule has 2 aromatic carbocycles. The van der Waals surface area contributed by atoms with Gasteiger partial charge in [0.15, 0.2) is 0 Å². The van der Waals surface area contributed by atoms with Crippen LogP contribution in [0.2, 0.25) is 0 Å². The van der Waals surface area contributed by atoms with Gasteiger partial charge in [-0.1, -0.05) is 24.3 Å².